The fraction of sp³-hybridized carbons (Fsp3) is 0.438. The summed E-state index contributed by atoms with van der Waals surface area (Å²) in [7, 11) is 0. The van der Waals surface area contributed by atoms with Gasteiger partial charge >= 0.3 is 6.18 Å². The average molecular weight is 310 g/mol. The van der Waals surface area contributed by atoms with Crippen LogP contribution < -0.4 is 10.5 Å². The van der Waals surface area contributed by atoms with Gasteiger partial charge < -0.3 is 9.88 Å². The zero-order valence-corrected chi connectivity index (χ0v) is 12.2. The molecule has 1 aromatic heterocycles. The molecule has 118 valence electrons. The summed E-state index contributed by atoms with van der Waals surface area (Å²) in [5.41, 5.74) is -0.623. The first-order chi connectivity index (χ1) is 10.3. The summed E-state index contributed by atoms with van der Waals surface area (Å²) in [5, 5.41) is 0.0443. The molecule has 1 N–H and O–H groups in total. The molecule has 1 unspecified atom stereocenters. The summed E-state index contributed by atoms with van der Waals surface area (Å²) in [6, 6.07) is 5.49. The molecule has 3 nitrogen and oxygen atoms in total. The van der Waals surface area contributed by atoms with Crippen molar-refractivity contribution in [3.8, 4) is 0 Å². The number of nitrogens with one attached hydrogen (secondary N) is 1. The van der Waals surface area contributed by atoms with Gasteiger partial charge in [-0.25, -0.2) is 0 Å². The molecule has 2 heterocycles. The standard InChI is InChI=1S/C16H17F3N2O/c1-10-3-2-6-21(9-10)11-4-5-14-12(7-11)13(16(17,18)19)8-15(22)20-14/h4-5,7-8,10H,2-3,6,9H2,1H3,(H,20,22). The van der Waals surface area contributed by atoms with Gasteiger partial charge in [0.2, 0.25) is 5.56 Å². The first-order valence-corrected chi connectivity index (χ1v) is 7.34. The zero-order chi connectivity index (χ0) is 15.9. The number of fused-ring (bicyclic) bond motifs is 1. The Morgan fingerprint density at radius 2 is 2.05 bits per heavy atom. The summed E-state index contributed by atoms with van der Waals surface area (Å²) in [5.74, 6) is 0.530. The Hall–Kier alpha value is -1.98. The molecule has 1 aliphatic rings. The summed E-state index contributed by atoms with van der Waals surface area (Å²) >= 11 is 0. The van der Waals surface area contributed by atoms with Crippen molar-refractivity contribution in [2.45, 2.75) is 25.9 Å². The van der Waals surface area contributed by atoms with E-state index in [1.165, 1.54) is 6.07 Å². The minimum Gasteiger partial charge on any atom is -0.371 e. The van der Waals surface area contributed by atoms with Gasteiger partial charge in [0.25, 0.3) is 0 Å². The molecule has 0 radical (unpaired) electrons. The van der Waals surface area contributed by atoms with Crippen LogP contribution >= 0.6 is 0 Å². The highest BCUT2D eigenvalue weighted by Gasteiger charge is 2.33. The molecule has 0 amide bonds. The van der Waals surface area contributed by atoms with Crippen molar-refractivity contribution in [3.05, 3.63) is 40.2 Å². The molecular weight excluding hydrogens is 293 g/mol. The third kappa shape index (κ3) is 2.82. The van der Waals surface area contributed by atoms with Gasteiger partial charge in [-0.15, -0.1) is 0 Å². The summed E-state index contributed by atoms with van der Waals surface area (Å²) in [4.78, 5) is 16.0. The molecule has 1 atom stereocenters. The first-order valence-electron chi connectivity index (χ1n) is 7.34. The number of hydrogen-bond donors (Lipinski definition) is 1. The molecule has 22 heavy (non-hydrogen) atoms. The van der Waals surface area contributed by atoms with Gasteiger partial charge in [-0.2, -0.15) is 13.2 Å². The number of piperidine rings is 1. The Morgan fingerprint density at radius 1 is 1.27 bits per heavy atom. The Morgan fingerprint density at radius 3 is 2.73 bits per heavy atom. The van der Waals surface area contributed by atoms with Gasteiger partial charge in [0.05, 0.1) is 5.56 Å². The van der Waals surface area contributed by atoms with E-state index in [-0.39, 0.29) is 10.9 Å². The summed E-state index contributed by atoms with van der Waals surface area (Å²) in [6.45, 7) is 3.84. The molecule has 2 aromatic rings. The predicted octanol–water partition coefficient (Wildman–Crippen LogP) is 3.78. The van der Waals surface area contributed by atoms with E-state index in [0.717, 1.165) is 31.6 Å². The van der Waals surface area contributed by atoms with Crippen molar-refractivity contribution in [2.75, 3.05) is 18.0 Å². The van der Waals surface area contributed by atoms with Gasteiger partial charge in [0, 0.05) is 35.7 Å². The Balaban J connectivity index is 2.12. The van der Waals surface area contributed by atoms with Gasteiger partial charge in [-0.1, -0.05) is 6.92 Å². The minimum atomic E-state index is -4.54. The fourth-order valence-electron chi connectivity index (χ4n) is 3.10. The number of benzene rings is 1. The molecule has 6 heteroatoms. The summed E-state index contributed by atoms with van der Waals surface area (Å²) < 4.78 is 39.5. The second kappa shape index (κ2) is 5.34. The highest BCUT2D eigenvalue weighted by atomic mass is 19.4. The number of nitrogens with zero attached hydrogens (tertiary/aromatic N) is 1. The number of H-pyrrole nitrogens is 1. The van der Waals surface area contributed by atoms with Crippen LogP contribution in [0.15, 0.2) is 29.1 Å². The average Bonchev–Trinajstić information content (AvgIpc) is 2.45. The van der Waals surface area contributed by atoms with Crippen LogP contribution in [0.5, 0.6) is 0 Å². The number of aromatic amines is 1. The quantitative estimate of drug-likeness (QED) is 0.870. The second-order valence-electron chi connectivity index (χ2n) is 5.97. The summed E-state index contributed by atoms with van der Waals surface area (Å²) in [6.07, 6.45) is -2.36. The minimum absolute atomic E-state index is 0.0443. The molecule has 1 aromatic carbocycles. The number of alkyl halides is 3. The van der Waals surface area contributed by atoms with E-state index in [0.29, 0.717) is 12.0 Å². The van der Waals surface area contributed by atoms with Crippen molar-refractivity contribution >= 4 is 16.6 Å². The normalized spacial score (nSPS) is 19.6. The van der Waals surface area contributed by atoms with Crippen LogP contribution in [0.2, 0.25) is 0 Å². The lowest BCUT2D eigenvalue weighted by atomic mass is 9.99. The maximum absolute atomic E-state index is 13.2. The van der Waals surface area contributed by atoms with E-state index in [9.17, 15) is 18.0 Å². The maximum Gasteiger partial charge on any atom is 0.417 e. The largest absolute Gasteiger partial charge is 0.417 e. The molecule has 1 fully saturated rings. The van der Waals surface area contributed by atoms with Crippen LogP contribution in [-0.2, 0) is 6.18 Å². The van der Waals surface area contributed by atoms with E-state index < -0.39 is 17.3 Å². The van der Waals surface area contributed by atoms with Gasteiger partial charge in [0.1, 0.15) is 0 Å². The molecular formula is C16H17F3N2O. The van der Waals surface area contributed by atoms with Gasteiger partial charge in [-0.3, -0.25) is 4.79 Å². The van der Waals surface area contributed by atoms with Crippen LogP contribution in [-0.4, -0.2) is 18.1 Å². The van der Waals surface area contributed by atoms with Crippen LogP contribution in [0.1, 0.15) is 25.3 Å². The third-order valence-corrected chi connectivity index (χ3v) is 4.15. The SMILES string of the molecule is CC1CCCN(c2ccc3[nH]c(=O)cc(C(F)(F)F)c3c2)C1. The van der Waals surface area contributed by atoms with Crippen molar-refractivity contribution in [3.63, 3.8) is 0 Å². The lowest BCUT2D eigenvalue weighted by molar-refractivity contribution is -0.136. The molecule has 0 spiro atoms. The van der Waals surface area contributed by atoms with E-state index >= 15 is 0 Å². The Bertz CT molecular complexity index is 751. The number of aromatic nitrogens is 1. The Labute approximate surface area is 125 Å². The van der Waals surface area contributed by atoms with Gasteiger partial charge in [-0.05, 0) is 37.0 Å². The number of hydrogen-bond acceptors (Lipinski definition) is 2. The van der Waals surface area contributed by atoms with Gasteiger partial charge in [0.15, 0.2) is 0 Å². The number of pyridine rings is 1. The molecule has 0 bridgehead atoms. The first kappa shape index (κ1) is 14.9. The smallest absolute Gasteiger partial charge is 0.371 e. The topological polar surface area (TPSA) is 36.1 Å². The Kier molecular flexibility index (Phi) is 3.62. The van der Waals surface area contributed by atoms with Crippen molar-refractivity contribution < 1.29 is 13.2 Å². The lowest BCUT2D eigenvalue weighted by Gasteiger charge is -2.33. The third-order valence-electron chi connectivity index (χ3n) is 4.15. The lowest BCUT2D eigenvalue weighted by Crippen LogP contribution is -2.34. The van der Waals surface area contributed by atoms with Crippen LogP contribution in [0, 0.1) is 5.92 Å². The second-order valence-corrected chi connectivity index (χ2v) is 5.97. The van der Waals surface area contributed by atoms with Crippen LogP contribution in [0.4, 0.5) is 18.9 Å². The zero-order valence-electron chi connectivity index (χ0n) is 12.2. The highest BCUT2D eigenvalue weighted by molar-refractivity contribution is 5.86. The van der Waals surface area contributed by atoms with Crippen molar-refractivity contribution in [2.24, 2.45) is 5.92 Å². The maximum atomic E-state index is 13.2. The van der Waals surface area contributed by atoms with E-state index in [1.807, 2.05) is 0 Å². The number of halogens is 3. The molecule has 1 saturated heterocycles. The fourth-order valence-corrected chi connectivity index (χ4v) is 3.10. The van der Waals surface area contributed by atoms with E-state index in [2.05, 4.69) is 16.8 Å². The van der Waals surface area contributed by atoms with Crippen molar-refractivity contribution in [1.82, 2.24) is 4.98 Å². The monoisotopic (exact) mass is 310 g/mol. The molecule has 0 aliphatic carbocycles. The van der Waals surface area contributed by atoms with E-state index in [4.69, 9.17) is 0 Å². The number of rotatable bonds is 1. The predicted molar refractivity (Wildman–Crippen MR) is 80.2 cm³/mol. The molecule has 0 saturated carbocycles. The highest BCUT2D eigenvalue weighted by Crippen LogP contribution is 2.35. The van der Waals surface area contributed by atoms with Crippen LogP contribution in [0.3, 0.4) is 0 Å². The molecule has 3 rings (SSSR count). The van der Waals surface area contributed by atoms with Crippen LogP contribution in [0.25, 0.3) is 10.9 Å². The van der Waals surface area contributed by atoms with Crippen molar-refractivity contribution in [1.29, 1.82) is 0 Å². The number of anilines is 1. The van der Waals surface area contributed by atoms with E-state index in [1.54, 1.807) is 12.1 Å². The molecule has 1 aliphatic heterocycles.